The van der Waals surface area contributed by atoms with Gasteiger partial charge in [-0.2, -0.15) is 0 Å². The average Bonchev–Trinajstić information content (AvgIpc) is 3.10. The number of likely N-dealkylation sites (N-methyl/N-ethyl adjacent to an activating group) is 2. The van der Waals surface area contributed by atoms with Crippen LogP contribution < -0.4 is 11.1 Å². The number of amides is 3. The number of carbonyl (C=O) groups is 3. The van der Waals surface area contributed by atoms with E-state index in [0.29, 0.717) is 32.2 Å². The average molecular weight is 652 g/mol. The molecule has 8 heteroatoms. The highest BCUT2D eigenvalue weighted by molar-refractivity contribution is 5.95. The first-order valence-corrected chi connectivity index (χ1v) is 16.9. The second-order valence-corrected chi connectivity index (χ2v) is 12.6. The maximum Gasteiger partial charge on any atom is 0.246 e. The van der Waals surface area contributed by atoms with E-state index in [0.717, 1.165) is 40.7 Å². The zero-order valence-corrected chi connectivity index (χ0v) is 29.5. The SMILES string of the molecule is C/C=C\c1ccc(C[C@H](C(=O)N(C)C(Cc2ccccc2)C(=O)NCCc2ccncc2)N(C)C(=O)/C=C/CC(N)(CC)CC)cc1C. The molecule has 1 unspecified atom stereocenters. The van der Waals surface area contributed by atoms with Crippen LogP contribution in [0.3, 0.4) is 0 Å². The summed E-state index contributed by atoms with van der Waals surface area (Å²) in [6, 6.07) is 17.9. The fourth-order valence-electron chi connectivity index (χ4n) is 5.68. The maximum atomic E-state index is 14.5. The molecule has 8 nitrogen and oxygen atoms in total. The molecule has 1 aromatic heterocycles. The molecule has 0 bridgehead atoms. The molecule has 0 aliphatic carbocycles. The number of nitrogens with one attached hydrogen (secondary N) is 1. The molecule has 0 fully saturated rings. The third-order valence-corrected chi connectivity index (χ3v) is 9.25. The predicted molar refractivity (Wildman–Crippen MR) is 195 cm³/mol. The van der Waals surface area contributed by atoms with Crippen LogP contribution in [0.4, 0.5) is 0 Å². The molecular formula is C40H53N5O3. The summed E-state index contributed by atoms with van der Waals surface area (Å²) in [6.07, 6.45) is 14.2. The van der Waals surface area contributed by atoms with Gasteiger partial charge in [0.15, 0.2) is 0 Å². The van der Waals surface area contributed by atoms with Crippen molar-refractivity contribution in [2.75, 3.05) is 20.6 Å². The fraction of sp³-hybridized carbons (Fsp3) is 0.400. The summed E-state index contributed by atoms with van der Waals surface area (Å²) < 4.78 is 0. The van der Waals surface area contributed by atoms with Crippen LogP contribution in [0.25, 0.3) is 6.08 Å². The molecule has 0 spiro atoms. The van der Waals surface area contributed by atoms with Crippen LogP contribution in [0.15, 0.2) is 91.3 Å². The summed E-state index contributed by atoms with van der Waals surface area (Å²) in [5.74, 6) is -0.851. The molecule has 1 heterocycles. The Balaban J connectivity index is 1.91. The second-order valence-electron chi connectivity index (χ2n) is 12.6. The number of hydrogen-bond donors (Lipinski definition) is 2. The lowest BCUT2D eigenvalue weighted by molar-refractivity contribution is -0.146. The van der Waals surface area contributed by atoms with E-state index in [1.165, 1.54) is 15.9 Å². The number of nitrogens with zero attached hydrogens (tertiary/aromatic N) is 3. The third kappa shape index (κ3) is 11.0. The van der Waals surface area contributed by atoms with Crippen molar-refractivity contribution in [2.24, 2.45) is 5.73 Å². The number of rotatable bonds is 17. The number of nitrogens with two attached hydrogens (primary N) is 1. The standard InChI is InChI=1S/C40H53N5O3/c1-7-14-34-19-18-33(27-30(34)4)29-36(44(5)37(46)17-13-23-40(41,8-2)9-3)39(48)45(6)35(28-32-15-11-10-12-16-32)38(47)43-26-22-31-20-24-42-25-21-31/h7,10-21,24-25,27,35-36H,8-9,22-23,26,28-29,41H2,1-6H3,(H,43,47)/b14-7-,17-13+/t35?,36-/m1/s1. The van der Waals surface area contributed by atoms with Crippen LogP contribution in [0.2, 0.25) is 0 Å². The van der Waals surface area contributed by atoms with Crippen LogP contribution >= 0.6 is 0 Å². The zero-order valence-electron chi connectivity index (χ0n) is 29.5. The van der Waals surface area contributed by atoms with Gasteiger partial charge < -0.3 is 20.9 Å². The van der Waals surface area contributed by atoms with Gasteiger partial charge in [0.2, 0.25) is 17.7 Å². The smallest absolute Gasteiger partial charge is 0.246 e. The molecule has 48 heavy (non-hydrogen) atoms. The van der Waals surface area contributed by atoms with Crippen molar-refractivity contribution < 1.29 is 14.4 Å². The minimum absolute atomic E-state index is 0.249. The maximum absolute atomic E-state index is 14.5. The number of allylic oxidation sites excluding steroid dienone is 1. The summed E-state index contributed by atoms with van der Waals surface area (Å²) in [7, 11) is 3.31. The first kappa shape index (κ1) is 37.9. The van der Waals surface area contributed by atoms with Gasteiger partial charge >= 0.3 is 0 Å². The van der Waals surface area contributed by atoms with Crippen LogP contribution in [-0.4, -0.2) is 70.8 Å². The van der Waals surface area contributed by atoms with Gasteiger partial charge in [0.25, 0.3) is 0 Å². The molecule has 0 saturated heterocycles. The molecular weight excluding hydrogens is 598 g/mol. The van der Waals surface area contributed by atoms with Crippen LogP contribution in [0.1, 0.15) is 67.9 Å². The lowest BCUT2D eigenvalue weighted by Crippen LogP contribution is -2.56. The third-order valence-electron chi connectivity index (χ3n) is 9.25. The molecule has 0 aliphatic rings. The minimum atomic E-state index is -0.845. The molecule has 3 N–H and O–H groups in total. The lowest BCUT2D eigenvalue weighted by Gasteiger charge is -2.34. The highest BCUT2D eigenvalue weighted by Crippen LogP contribution is 2.20. The van der Waals surface area contributed by atoms with E-state index >= 15 is 0 Å². The van der Waals surface area contributed by atoms with Crippen LogP contribution in [0.5, 0.6) is 0 Å². The Morgan fingerprint density at radius 2 is 1.56 bits per heavy atom. The number of benzene rings is 2. The minimum Gasteiger partial charge on any atom is -0.354 e. The van der Waals surface area contributed by atoms with E-state index in [4.69, 9.17) is 5.73 Å². The Kier molecular flexibility index (Phi) is 14.8. The summed E-state index contributed by atoms with van der Waals surface area (Å²) in [5.41, 5.74) is 11.2. The molecule has 0 radical (unpaired) electrons. The Morgan fingerprint density at radius 3 is 2.19 bits per heavy atom. The van der Waals surface area contributed by atoms with Crippen molar-refractivity contribution in [1.82, 2.24) is 20.1 Å². The van der Waals surface area contributed by atoms with E-state index in [2.05, 4.69) is 16.4 Å². The number of pyridine rings is 1. The largest absolute Gasteiger partial charge is 0.354 e. The summed E-state index contributed by atoms with van der Waals surface area (Å²) in [4.78, 5) is 48.9. The van der Waals surface area contributed by atoms with Gasteiger partial charge in [-0.05, 0) is 85.6 Å². The number of carbonyl (C=O) groups excluding carboxylic acids is 3. The molecule has 0 saturated carbocycles. The summed E-state index contributed by atoms with van der Waals surface area (Å²) in [6.45, 7) is 8.51. The Morgan fingerprint density at radius 1 is 0.896 bits per heavy atom. The van der Waals surface area contributed by atoms with Crippen LogP contribution in [0, 0.1) is 6.92 Å². The van der Waals surface area contributed by atoms with Gasteiger partial charge in [-0.1, -0.05) is 80.6 Å². The molecule has 3 aromatic rings. The Hall–Kier alpha value is -4.56. The summed E-state index contributed by atoms with van der Waals surface area (Å²) in [5, 5.41) is 3.04. The second kappa shape index (κ2) is 18.7. The van der Waals surface area contributed by atoms with Crippen molar-refractivity contribution in [3.8, 4) is 0 Å². The fourth-order valence-corrected chi connectivity index (χ4v) is 5.68. The highest BCUT2D eigenvalue weighted by Gasteiger charge is 2.35. The van der Waals surface area contributed by atoms with Crippen molar-refractivity contribution >= 4 is 23.8 Å². The first-order valence-electron chi connectivity index (χ1n) is 16.9. The van der Waals surface area contributed by atoms with Gasteiger partial charge in [-0.15, -0.1) is 0 Å². The molecule has 0 aliphatic heterocycles. The Labute approximate surface area is 287 Å². The van der Waals surface area contributed by atoms with E-state index in [-0.39, 0.29) is 23.3 Å². The van der Waals surface area contributed by atoms with Crippen molar-refractivity contribution in [3.63, 3.8) is 0 Å². The predicted octanol–water partition coefficient (Wildman–Crippen LogP) is 5.69. The van der Waals surface area contributed by atoms with Crippen molar-refractivity contribution in [3.05, 3.63) is 119 Å². The van der Waals surface area contributed by atoms with Gasteiger partial charge in [-0.3, -0.25) is 19.4 Å². The quantitative estimate of drug-likeness (QED) is 0.183. The number of hydrogen-bond acceptors (Lipinski definition) is 5. The van der Waals surface area contributed by atoms with Gasteiger partial charge in [0.05, 0.1) is 0 Å². The van der Waals surface area contributed by atoms with Gasteiger partial charge in [0.1, 0.15) is 12.1 Å². The van der Waals surface area contributed by atoms with E-state index in [1.54, 1.807) is 26.5 Å². The van der Waals surface area contributed by atoms with E-state index < -0.39 is 12.1 Å². The summed E-state index contributed by atoms with van der Waals surface area (Å²) >= 11 is 0. The van der Waals surface area contributed by atoms with Gasteiger partial charge in [0, 0.05) is 51.4 Å². The van der Waals surface area contributed by atoms with E-state index in [9.17, 15) is 14.4 Å². The monoisotopic (exact) mass is 651 g/mol. The normalized spacial score (nSPS) is 13.0. The van der Waals surface area contributed by atoms with Crippen molar-refractivity contribution in [2.45, 2.75) is 83.8 Å². The molecule has 256 valence electrons. The molecule has 3 rings (SSSR count). The highest BCUT2D eigenvalue weighted by atomic mass is 16.2. The lowest BCUT2D eigenvalue weighted by atomic mass is 9.90. The Bertz CT molecular complexity index is 1530. The zero-order chi connectivity index (χ0) is 35.1. The first-order chi connectivity index (χ1) is 23.0. The van der Waals surface area contributed by atoms with Crippen molar-refractivity contribution in [1.29, 1.82) is 0 Å². The van der Waals surface area contributed by atoms with E-state index in [1.807, 2.05) is 101 Å². The van der Waals surface area contributed by atoms with Gasteiger partial charge in [-0.25, -0.2) is 0 Å². The van der Waals surface area contributed by atoms with Crippen LogP contribution in [-0.2, 0) is 33.6 Å². The molecule has 2 aromatic carbocycles. The number of aromatic nitrogens is 1. The topological polar surface area (TPSA) is 109 Å². The molecule has 2 atom stereocenters. The number of aryl methyl sites for hydroxylation is 1. The molecule has 3 amide bonds.